The summed E-state index contributed by atoms with van der Waals surface area (Å²) in [6.07, 6.45) is 3.07. The second-order valence-electron chi connectivity index (χ2n) is 13.1. The second kappa shape index (κ2) is 11.6. The van der Waals surface area contributed by atoms with E-state index in [1.165, 1.54) is 0 Å². The van der Waals surface area contributed by atoms with Gasteiger partial charge in [0.25, 0.3) is 0 Å². The van der Waals surface area contributed by atoms with Crippen molar-refractivity contribution >= 4 is 32.0 Å². The van der Waals surface area contributed by atoms with Gasteiger partial charge >= 0.3 is 12.1 Å². The number of halogens is 1. The van der Waals surface area contributed by atoms with Gasteiger partial charge in [-0.2, -0.15) is 0 Å². The molecule has 0 unspecified atom stereocenters. The Morgan fingerprint density at radius 2 is 1.74 bits per heavy atom. The predicted octanol–water partition coefficient (Wildman–Crippen LogP) is 7.82. The lowest BCUT2D eigenvalue weighted by molar-refractivity contribution is -0.00244. The summed E-state index contributed by atoms with van der Waals surface area (Å²) in [5, 5.41) is 9.69. The van der Waals surface area contributed by atoms with Crippen molar-refractivity contribution in [3.05, 3.63) is 63.9 Å². The van der Waals surface area contributed by atoms with Gasteiger partial charge in [-0.05, 0) is 94.4 Å². The van der Waals surface area contributed by atoms with Crippen LogP contribution in [0.5, 0.6) is 0 Å². The molecule has 39 heavy (non-hydrogen) atoms. The second-order valence-corrected chi connectivity index (χ2v) is 18.2. The maximum atomic E-state index is 13.8. The molecule has 1 fully saturated rings. The normalized spacial score (nSPS) is 19.2. The van der Waals surface area contributed by atoms with Crippen LogP contribution in [0.4, 0.5) is 4.79 Å². The zero-order valence-corrected chi connectivity index (χ0v) is 26.4. The van der Waals surface area contributed by atoms with E-state index in [-0.39, 0.29) is 28.8 Å². The van der Waals surface area contributed by atoms with Crippen molar-refractivity contribution in [2.75, 3.05) is 0 Å². The molecule has 3 rings (SSSR count). The molecule has 0 spiro atoms. The first kappa shape index (κ1) is 31.1. The zero-order chi connectivity index (χ0) is 29.3. The molecule has 2 heterocycles. The summed E-state index contributed by atoms with van der Waals surface area (Å²) in [6, 6.07) is 8.46. The fourth-order valence-electron chi connectivity index (χ4n) is 4.66. The zero-order valence-electron chi connectivity index (χ0n) is 24.7. The van der Waals surface area contributed by atoms with E-state index in [1.807, 2.05) is 50.8 Å². The number of nitrogens with zero attached hydrogens (tertiary/aromatic N) is 2. The first-order chi connectivity index (χ1) is 17.9. The van der Waals surface area contributed by atoms with Gasteiger partial charge in [0, 0.05) is 17.8 Å². The molecular formula is C30H43ClN2O5Si. The number of aromatic carboxylic acids is 1. The number of amides is 1. The van der Waals surface area contributed by atoms with Gasteiger partial charge < -0.3 is 14.3 Å². The van der Waals surface area contributed by atoms with Gasteiger partial charge in [-0.25, -0.2) is 14.6 Å². The number of aromatic nitrogens is 1. The summed E-state index contributed by atoms with van der Waals surface area (Å²) in [5.74, 6) is -0.963. The van der Waals surface area contributed by atoms with Gasteiger partial charge in [0.05, 0.1) is 17.7 Å². The minimum atomic E-state index is -2.27. The Kier molecular flexibility index (Phi) is 9.25. The maximum absolute atomic E-state index is 13.8. The third-order valence-corrected chi connectivity index (χ3v) is 12.6. The number of benzene rings is 1. The summed E-state index contributed by atoms with van der Waals surface area (Å²) in [6.45, 7) is 18.5. The van der Waals surface area contributed by atoms with Crippen LogP contribution in [0.3, 0.4) is 0 Å². The Morgan fingerprint density at radius 3 is 2.26 bits per heavy atom. The third-order valence-electron chi connectivity index (χ3n) is 7.76. The van der Waals surface area contributed by atoms with Gasteiger partial charge in [0.15, 0.2) is 8.32 Å². The quantitative estimate of drug-likeness (QED) is 0.268. The van der Waals surface area contributed by atoms with Crippen molar-refractivity contribution < 1.29 is 23.9 Å². The van der Waals surface area contributed by atoms with Crippen LogP contribution >= 0.6 is 11.6 Å². The molecule has 1 saturated heterocycles. The fraction of sp³-hybridized carbons (Fsp3) is 0.567. The van der Waals surface area contributed by atoms with Crippen molar-refractivity contribution in [3.63, 3.8) is 0 Å². The van der Waals surface area contributed by atoms with Crippen molar-refractivity contribution in [3.8, 4) is 0 Å². The molecule has 214 valence electrons. The first-order valence-electron chi connectivity index (χ1n) is 13.5. The monoisotopic (exact) mass is 574 g/mol. The number of likely N-dealkylation sites (tertiary alicyclic amines) is 1. The number of carboxylic acid groups (broad SMARTS) is 1. The SMILES string of the molecule is Cc1cc([C@@H](O[Si](C)(C)C(C)(C)C)[C@H]2CC[C@@H](Cc3ccc(C(=O)O)cc3)N2C(=O)OC(C)(C)C)cnc1Cl. The van der Waals surface area contributed by atoms with E-state index in [2.05, 4.69) is 38.8 Å². The van der Waals surface area contributed by atoms with Gasteiger partial charge in [-0.15, -0.1) is 0 Å². The number of hydrogen-bond acceptors (Lipinski definition) is 5. The Hall–Kier alpha value is -2.42. The molecule has 1 N–H and O–H groups in total. The average molecular weight is 575 g/mol. The number of carbonyl (C=O) groups is 2. The van der Waals surface area contributed by atoms with Crippen LogP contribution in [0.2, 0.25) is 23.3 Å². The number of pyridine rings is 1. The highest BCUT2D eigenvalue weighted by Crippen LogP contribution is 2.44. The molecule has 0 saturated carbocycles. The van der Waals surface area contributed by atoms with Crippen LogP contribution in [0.15, 0.2) is 36.5 Å². The highest BCUT2D eigenvalue weighted by Gasteiger charge is 2.48. The molecule has 0 bridgehead atoms. The lowest BCUT2D eigenvalue weighted by Gasteiger charge is -2.43. The summed E-state index contributed by atoms with van der Waals surface area (Å²) < 4.78 is 13.0. The number of carbonyl (C=O) groups excluding carboxylic acids is 1. The number of aryl methyl sites for hydroxylation is 1. The van der Waals surface area contributed by atoms with Crippen molar-refractivity contribution in [1.82, 2.24) is 9.88 Å². The van der Waals surface area contributed by atoms with Crippen LogP contribution in [0.25, 0.3) is 0 Å². The van der Waals surface area contributed by atoms with E-state index in [9.17, 15) is 14.7 Å². The molecule has 2 aromatic rings. The standard InChI is InChI=1S/C30H43ClN2O5Si/c1-19-16-22(18-32-26(19)31)25(38-39(8,9)30(5,6)7)24-15-14-23(33(24)28(36)37-29(2,3)4)17-20-10-12-21(13-11-20)27(34)35/h10-13,16,18,23-25H,14-15,17H2,1-9H3,(H,34,35)/t23-,24+,25+/m0/s1. The van der Waals surface area contributed by atoms with Crippen molar-refractivity contribution in [2.45, 2.75) is 110 Å². The van der Waals surface area contributed by atoms with Crippen LogP contribution in [-0.2, 0) is 15.6 Å². The Morgan fingerprint density at radius 1 is 1.13 bits per heavy atom. The van der Waals surface area contributed by atoms with Crippen molar-refractivity contribution in [1.29, 1.82) is 0 Å². The molecule has 1 aromatic carbocycles. The predicted molar refractivity (Wildman–Crippen MR) is 157 cm³/mol. The fourth-order valence-corrected chi connectivity index (χ4v) is 6.05. The minimum Gasteiger partial charge on any atom is -0.478 e. The molecule has 1 aliphatic rings. The minimum absolute atomic E-state index is 0.0409. The van der Waals surface area contributed by atoms with E-state index in [1.54, 1.807) is 18.3 Å². The third kappa shape index (κ3) is 7.61. The smallest absolute Gasteiger partial charge is 0.410 e. The van der Waals surface area contributed by atoms with E-state index in [0.717, 1.165) is 29.5 Å². The topological polar surface area (TPSA) is 89.0 Å². The van der Waals surface area contributed by atoms with E-state index in [4.69, 9.17) is 20.8 Å². The molecule has 0 radical (unpaired) electrons. The van der Waals surface area contributed by atoms with Gasteiger partial charge in [0.2, 0.25) is 0 Å². The maximum Gasteiger partial charge on any atom is 0.410 e. The Bertz CT molecular complexity index is 1190. The van der Waals surface area contributed by atoms with E-state index >= 15 is 0 Å². The van der Waals surface area contributed by atoms with Crippen LogP contribution < -0.4 is 0 Å². The molecule has 9 heteroatoms. The molecular weight excluding hydrogens is 532 g/mol. The molecule has 1 amide bonds. The van der Waals surface area contributed by atoms with Crippen molar-refractivity contribution in [2.24, 2.45) is 0 Å². The molecule has 3 atom stereocenters. The number of rotatable bonds is 7. The van der Waals surface area contributed by atoms with Crippen LogP contribution in [0.1, 0.15) is 87.5 Å². The number of ether oxygens (including phenoxy) is 1. The molecule has 1 aromatic heterocycles. The van der Waals surface area contributed by atoms with Gasteiger partial charge in [-0.1, -0.05) is 44.5 Å². The average Bonchev–Trinajstić information content (AvgIpc) is 3.21. The highest BCUT2D eigenvalue weighted by atomic mass is 35.5. The highest BCUT2D eigenvalue weighted by molar-refractivity contribution is 6.74. The Balaban J connectivity index is 2.05. The molecule has 7 nitrogen and oxygen atoms in total. The number of carboxylic acids is 1. The van der Waals surface area contributed by atoms with Crippen LogP contribution in [0, 0.1) is 6.92 Å². The summed E-state index contributed by atoms with van der Waals surface area (Å²) >= 11 is 6.28. The van der Waals surface area contributed by atoms with Crippen LogP contribution in [-0.4, -0.2) is 53.1 Å². The lowest BCUT2D eigenvalue weighted by Crippen LogP contribution is -2.50. The Labute approximate surface area is 239 Å². The summed E-state index contributed by atoms with van der Waals surface area (Å²) in [5.41, 5.74) is 2.29. The number of hydrogen-bond donors (Lipinski definition) is 1. The lowest BCUT2D eigenvalue weighted by atomic mass is 10.0. The van der Waals surface area contributed by atoms with Gasteiger partial charge in [0.1, 0.15) is 10.8 Å². The van der Waals surface area contributed by atoms with Gasteiger partial charge in [-0.3, -0.25) is 4.90 Å². The largest absolute Gasteiger partial charge is 0.478 e. The summed E-state index contributed by atoms with van der Waals surface area (Å²) in [4.78, 5) is 31.4. The summed E-state index contributed by atoms with van der Waals surface area (Å²) in [7, 11) is -2.27. The van der Waals surface area contributed by atoms with E-state index in [0.29, 0.717) is 11.6 Å². The first-order valence-corrected chi connectivity index (χ1v) is 16.8. The molecule has 1 aliphatic heterocycles. The molecule has 0 aliphatic carbocycles. The van der Waals surface area contributed by atoms with E-state index < -0.39 is 26.0 Å².